The first-order valence-corrected chi connectivity index (χ1v) is 8.91. The quantitative estimate of drug-likeness (QED) is 0.846. The number of oxime groups is 1. The van der Waals surface area contributed by atoms with Crippen molar-refractivity contribution in [1.29, 1.82) is 5.26 Å². The van der Waals surface area contributed by atoms with Crippen molar-refractivity contribution in [3.63, 3.8) is 0 Å². The summed E-state index contributed by atoms with van der Waals surface area (Å²) in [6.45, 7) is 0.749. The van der Waals surface area contributed by atoms with Crippen molar-refractivity contribution in [3.8, 4) is 6.07 Å². The predicted molar refractivity (Wildman–Crippen MR) is 93.3 cm³/mol. The fourth-order valence-corrected chi connectivity index (χ4v) is 3.49. The largest absolute Gasteiger partial charge is 0.387 e. The van der Waals surface area contributed by atoms with Gasteiger partial charge in [0.15, 0.2) is 17.8 Å². The van der Waals surface area contributed by atoms with E-state index in [1.54, 1.807) is 0 Å². The number of rotatable bonds is 4. The third-order valence-corrected chi connectivity index (χ3v) is 4.91. The first kappa shape index (κ1) is 16.5. The Hall–Kier alpha value is -3.01. The highest BCUT2D eigenvalue weighted by Crippen LogP contribution is 2.30. The highest BCUT2D eigenvalue weighted by molar-refractivity contribution is 6.42. The number of nitrogens with zero attached hydrogens (tertiary/aromatic N) is 5. The molecule has 1 aromatic heterocycles. The maximum Gasteiger partial charge on any atom is 0.205 e. The van der Waals surface area contributed by atoms with Gasteiger partial charge in [-0.1, -0.05) is 41.9 Å². The van der Waals surface area contributed by atoms with Gasteiger partial charge in [-0.2, -0.15) is 5.26 Å². The Morgan fingerprint density at radius 2 is 2.08 bits per heavy atom. The van der Waals surface area contributed by atoms with E-state index in [1.807, 2.05) is 34.9 Å². The summed E-state index contributed by atoms with van der Waals surface area (Å²) >= 11 is 0. The summed E-state index contributed by atoms with van der Waals surface area (Å²) in [5.41, 5.74) is 1.25. The standard InChI is InChI=1S/C19H19N5O2/c20-12-14(19-22-21-17-9-5-2-6-10-24(17)19)18(25)15-11-16(26-23-15)13-7-3-1-4-8-13/h1,3-4,7-8,14,16H,2,5-6,9-11H2/t14-,16+/m0/s1. The van der Waals surface area contributed by atoms with Gasteiger partial charge in [0.05, 0.1) is 6.07 Å². The minimum Gasteiger partial charge on any atom is -0.387 e. The molecule has 0 bridgehead atoms. The van der Waals surface area contributed by atoms with E-state index in [0.29, 0.717) is 12.2 Å². The van der Waals surface area contributed by atoms with Gasteiger partial charge in [0.2, 0.25) is 5.78 Å². The maximum atomic E-state index is 12.9. The third-order valence-electron chi connectivity index (χ3n) is 4.91. The second kappa shape index (κ2) is 7.08. The van der Waals surface area contributed by atoms with Crippen molar-refractivity contribution in [2.45, 2.75) is 50.7 Å². The van der Waals surface area contributed by atoms with Crippen LogP contribution in [-0.2, 0) is 22.6 Å². The zero-order valence-electron chi connectivity index (χ0n) is 14.3. The number of aryl methyl sites for hydroxylation is 1. The highest BCUT2D eigenvalue weighted by atomic mass is 16.6. The first-order valence-electron chi connectivity index (χ1n) is 8.91. The van der Waals surface area contributed by atoms with Gasteiger partial charge in [0.25, 0.3) is 0 Å². The Balaban J connectivity index is 1.54. The molecular formula is C19H19N5O2. The lowest BCUT2D eigenvalue weighted by molar-refractivity contribution is -0.113. The molecule has 0 amide bonds. The number of hydrogen-bond acceptors (Lipinski definition) is 6. The van der Waals surface area contributed by atoms with Crippen molar-refractivity contribution in [2.75, 3.05) is 0 Å². The number of ketones is 1. The number of carbonyl (C=O) groups is 1. The number of aromatic nitrogens is 3. The molecule has 0 saturated carbocycles. The number of fused-ring (bicyclic) bond motifs is 1. The van der Waals surface area contributed by atoms with Crippen LogP contribution in [0.15, 0.2) is 35.5 Å². The lowest BCUT2D eigenvalue weighted by Gasteiger charge is -2.11. The molecule has 0 unspecified atom stereocenters. The second-order valence-electron chi connectivity index (χ2n) is 6.61. The molecule has 2 aromatic rings. The average molecular weight is 349 g/mol. The average Bonchev–Trinajstić information content (AvgIpc) is 3.25. The molecule has 0 fully saturated rings. The van der Waals surface area contributed by atoms with Gasteiger partial charge in [-0.15, -0.1) is 10.2 Å². The fourth-order valence-electron chi connectivity index (χ4n) is 3.49. The lowest BCUT2D eigenvalue weighted by atomic mass is 9.95. The van der Waals surface area contributed by atoms with Gasteiger partial charge < -0.3 is 9.40 Å². The summed E-state index contributed by atoms with van der Waals surface area (Å²) in [6.07, 6.45) is 4.09. The van der Waals surface area contributed by atoms with E-state index in [0.717, 1.165) is 43.6 Å². The minimum absolute atomic E-state index is 0.287. The monoisotopic (exact) mass is 349 g/mol. The predicted octanol–water partition coefficient (Wildman–Crippen LogP) is 2.70. The molecule has 0 aliphatic carbocycles. The molecule has 4 rings (SSSR count). The summed E-state index contributed by atoms with van der Waals surface area (Å²) < 4.78 is 1.93. The van der Waals surface area contributed by atoms with Crippen molar-refractivity contribution >= 4 is 11.5 Å². The Bertz CT molecular complexity index is 881. The van der Waals surface area contributed by atoms with E-state index in [-0.39, 0.29) is 17.6 Å². The Labute approximate surface area is 151 Å². The smallest absolute Gasteiger partial charge is 0.205 e. The summed E-state index contributed by atoms with van der Waals surface area (Å²) in [5.74, 6) is -0.0471. The molecule has 0 N–H and O–H groups in total. The molecule has 3 heterocycles. The number of nitriles is 1. The van der Waals surface area contributed by atoms with E-state index >= 15 is 0 Å². The van der Waals surface area contributed by atoms with Crippen LogP contribution in [0.25, 0.3) is 0 Å². The SMILES string of the molecule is N#C[C@@H](C(=O)C1=NO[C@@H](c2ccccc2)C1)c1nnc2n1CCCCC2. The number of Topliss-reactive ketones (excluding diaryl/α,β-unsaturated/α-hetero) is 1. The van der Waals surface area contributed by atoms with Crippen molar-refractivity contribution in [2.24, 2.45) is 5.16 Å². The third kappa shape index (κ3) is 2.99. The second-order valence-corrected chi connectivity index (χ2v) is 6.61. The normalized spacial score (nSPS) is 20.3. The Morgan fingerprint density at radius 3 is 2.88 bits per heavy atom. The van der Waals surface area contributed by atoms with E-state index in [9.17, 15) is 10.1 Å². The molecular weight excluding hydrogens is 330 g/mol. The maximum absolute atomic E-state index is 12.9. The van der Waals surface area contributed by atoms with Gasteiger partial charge in [0.1, 0.15) is 11.5 Å². The van der Waals surface area contributed by atoms with Crippen molar-refractivity contribution < 1.29 is 9.63 Å². The lowest BCUT2D eigenvalue weighted by Crippen LogP contribution is -2.24. The van der Waals surface area contributed by atoms with Crippen molar-refractivity contribution in [3.05, 3.63) is 47.5 Å². The summed E-state index contributed by atoms with van der Waals surface area (Å²) in [7, 11) is 0. The molecule has 1 aromatic carbocycles. The first-order chi connectivity index (χ1) is 12.8. The van der Waals surface area contributed by atoms with E-state index < -0.39 is 5.92 Å². The van der Waals surface area contributed by atoms with Crippen LogP contribution < -0.4 is 0 Å². The van der Waals surface area contributed by atoms with Crippen LogP contribution in [0.2, 0.25) is 0 Å². The van der Waals surface area contributed by atoms with Crippen LogP contribution in [0.3, 0.4) is 0 Å². The van der Waals surface area contributed by atoms with Crippen LogP contribution in [0.4, 0.5) is 0 Å². The van der Waals surface area contributed by atoms with E-state index in [2.05, 4.69) is 21.4 Å². The molecule has 2 atom stereocenters. The molecule has 0 radical (unpaired) electrons. The fraction of sp³-hybridized carbons (Fsp3) is 0.421. The highest BCUT2D eigenvalue weighted by Gasteiger charge is 2.35. The number of hydrogen-bond donors (Lipinski definition) is 0. The molecule has 0 spiro atoms. The van der Waals surface area contributed by atoms with Gasteiger partial charge in [0, 0.05) is 19.4 Å². The molecule has 26 heavy (non-hydrogen) atoms. The van der Waals surface area contributed by atoms with Crippen LogP contribution >= 0.6 is 0 Å². The topological polar surface area (TPSA) is 93.2 Å². The zero-order valence-corrected chi connectivity index (χ0v) is 14.3. The molecule has 0 saturated heterocycles. The minimum atomic E-state index is -0.994. The molecule has 7 heteroatoms. The van der Waals surface area contributed by atoms with Crippen molar-refractivity contribution in [1.82, 2.24) is 14.8 Å². The Morgan fingerprint density at radius 1 is 1.23 bits per heavy atom. The zero-order chi connectivity index (χ0) is 17.9. The van der Waals surface area contributed by atoms with Gasteiger partial charge in [-0.05, 0) is 18.4 Å². The molecule has 2 aliphatic rings. The summed E-state index contributed by atoms with van der Waals surface area (Å²) in [6, 6.07) is 11.7. The number of carbonyl (C=O) groups excluding carboxylic acids is 1. The van der Waals surface area contributed by atoms with Gasteiger partial charge in [-0.25, -0.2) is 0 Å². The van der Waals surface area contributed by atoms with Crippen LogP contribution in [0.1, 0.15) is 54.9 Å². The summed E-state index contributed by atoms with van der Waals surface area (Å²) in [5, 5.41) is 21.9. The van der Waals surface area contributed by atoms with E-state index in [4.69, 9.17) is 4.84 Å². The number of benzene rings is 1. The summed E-state index contributed by atoms with van der Waals surface area (Å²) in [4.78, 5) is 18.3. The Kier molecular flexibility index (Phi) is 4.48. The van der Waals surface area contributed by atoms with Crippen LogP contribution in [0, 0.1) is 11.3 Å². The molecule has 2 aliphatic heterocycles. The van der Waals surface area contributed by atoms with Gasteiger partial charge in [-0.3, -0.25) is 4.79 Å². The van der Waals surface area contributed by atoms with Gasteiger partial charge >= 0.3 is 0 Å². The van der Waals surface area contributed by atoms with Crippen LogP contribution in [0.5, 0.6) is 0 Å². The van der Waals surface area contributed by atoms with E-state index in [1.165, 1.54) is 0 Å². The molecule has 7 nitrogen and oxygen atoms in total. The van der Waals surface area contributed by atoms with Crippen LogP contribution in [-0.4, -0.2) is 26.3 Å². The molecule has 132 valence electrons.